The largest absolute Gasteiger partial charge is 0.469 e. The van der Waals surface area contributed by atoms with E-state index in [-0.39, 0.29) is 24.0 Å². The predicted octanol–water partition coefficient (Wildman–Crippen LogP) is 3.45. The number of rotatable bonds is 11. The second-order valence-electron chi connectivity index (χ2n) is 6.64. The van der Waals surface area contributed by atoms with Gasteiger partial charge in [0.1, 0.15) is 5.76 Å². The third-order valence-electron chi connectivity index (χ3n) is 3.67. The van der Waals surface area contributed by atoms with Crippen LogP contribution in [0.5, 0.6) is 0 Å². The Morgan fingerprint density at radius 1 is 1.33 bits per heavy atom. The Hall–Kier alpha value is -0.760. The number of halogens is 1. The van der Waals surface area contributed by atoms with Gasteiger partial charge in [-0.3, -0.25) is 4.99 Å². The van der Waals surface area contributed by atoms with E-state index in [1.165, 1.54) is 12.8 Å². The second-order valence-corrected chi connectivity index (χ2v) is 6.64. The topological polar surface area (TPSA) is 58.8 Å². The van der Waals surface area contributed by atoms with Gasteiger partial charge in [-0.1, -0.05) is 13.8 Å². The molecule has 0 bridgehead atoms. The van der Waals surface area contributed by atoms with Crippen molar-refractivity contribution in [3.05, 3.63) is 24.2 Å². The van der Waals surface area contributed by atoms with Crippen molar-refractivity contribution in [3.8, 4) is 0 Å². The first-order chi connectivity index (χ1) is 11.2. The maximum Gasteiger partial charge on any atom is 0.191 e. The van der Waals surface area contributed by atoms with Crippen LogP contribution in [-0.2, 0) is 11.2 Å². The van der Waals surface area contributed by atoms with Crippen molar-refractivity contribution >= 4 is 29.9 Å². The highest BCUT2D eigenvalue weighted by Crippen LogP contribution is 2.28. The molecule has 0 spiro atoms. The minimum absolute atomic E-state index is 0. The van der Waals surface area contributed by atoms with E-state index in [9.17, 15) is 0 Å². The van der Waals surface area contributed by atoms with E-state index in [0.717, 1.165) is 63.3 Å². The minimum Gasteiger partial charge on any atom is -0.469 e. The fourth-order valence-corrected chi connectivity index (χ4v) is 2.12. The van der Waals surface area contributed by atoms with Crippen molar-refractivity contribution in [3.63, 3.8) is 0 Å². The fourth-order valence-electron chi connectivity index (χ4n) is 2.12. The summed E-state index contributed by atoms with van der Waals surface area (Å²) < 4.78 is 11.0. The number of furan rings is 1. The number of aliphatic imine (C=N–C) groups is 1. The zero-order valence-electron chi connectivity index (χ0n) is 14.9. The molecule has 2 rings (SSSR count). The zero-order chi connectivity index (χ0) is 16.3. The van der Waals surface area contributed by atoms with E-state index in [2.05, 4.69) is 29.5 Å². The van der Waals surface area contributed by atoms with Crippen molar-refractivity contribution in [2.24, 2.45) is 16.8 Å². The molecule has 0 unspecified atom stereocenters. The monoisotopic (exact) mass is 449 g/mol. The molecule has 0 aliphatic heterocycles. The lowest BCUT2D eigenvalue weighted by molar-refractivity contribution is 0.123. The fraction of sp³-hybridized carbons (Fsp3) is 0.722. The summed E-state index contributed by atoms with van der Waals surface area (Å²) in [5.74, 6) is 3.27. The third kappa shape index (κ3) is 10.2. The van der Waals surface area contributed by atoms with Gasteiger partial charge >= 0.3 is 0 Å². The number of guanidine groups is 1. The summed E-state index contributed by atoms with van der Waals surface area (Å²) in [6.45, 7) is 8.65. The molecular weight excluding hydrogens is 417 g/mol. The van der Waals surface area contributed by atoms with Crippen LogP contribution in [0.25, 0.3) is 0 Å². The summed E-state index contributed by atoms with van der Waals surface area (Å²) >= 11 is 0. The Bertz CT molecular complexity index is 445. The van der Waals surface area contributed by atoms with E-state index < -0.39 is 0 Å². The minimum atomic E-state index is 0. The van der Waals surface area contributed by atoms with Gasteiger partial charge in [0.25, 0.3) is 0 Å². The SMILES string of the molecule is CC(C)CN=C(NCCCOCC1CC1)NCCc1ccco1.I. The zero-order valence-corrected chi connectivity index (χ0v) is 17.3. The van der Waals surface area contributed by atoms with Gasteiger partial charge in [-0.05, 0) is 43.2 Å². The third-order valence-corrected chi connectivity index (χ3v) is 3.67. The van der Waals surface area contributed by atoms with Crippen molar-refractivity contribution in [2.45, 2.75) is 39.5 Å². The Balaban J connectivity index is 0.00000288. The van der Waals surface area contributed by atoms with Gasteiger partial charge in [-0.2, -0.15) is 0 Å². The van der Waals surface area contributed by atoms with Crippen molar-refractivity contribution in [1.82, 2.24) is 10.6 Å². The molecule has 0 atom stereocenters. The van der Waals surface area contributed by atoms with Crippen LogP contribution in [0.3, 0.4) is 0 Å². The van der Waals surface area contributed by atoms with Gasteiger partial charge in [0, 0.05) is 39.3 Å². The summed E-state index contributed by atoms with van der Waals surface area (Å²) in [7, 11) is 0. The second kappa shape index (κ2) is 12.6. The molecular formula is C18H32IN3O2. The Morgan fingerprint density at radius 3 is 2.79 bits per heavy atom. The van der Waals surface area contributed by atoms with E-state index >= 15 is 0 Å². The van der Waals surface area contributed by atoms with Crippen molar-refractivity contribution in [2.75, 3.05) is 32.8 Å². The van der Waals surface area contributed by atoms with Crippen LogP contribution in [0.4, 0.5) is 0 Å². The highest BCUT2D eigenvalue weighted by molar-refractivity contribution is 14.0. The van der Waals surface area contributed by atoms with Crippen molar-refractivity contribution < 1.29 is 9.15 Å². The quantitative estimate of drug-likeness (QED) is 0.235. The van der Waals surface area contributed by atoms with Crippen LogP contribution < -0.4 is 10.6 Å². The first kappa shape index (κ1) is 21.3. The molecule has 0 aromatic carbocycles. The lowest BCUT2D eigenvalue weighted by atomic mass is 10.2. The molecule has 1 aromatic rings. The van der Waals surface area contributed by atoms with Crippen molar-refractivity contribution in [1.29, 1.82) is 0 Å². The van der Waals surface area contributed by atoms with Crippen LogP contribution in [-0.4, -0.2) is 38.8 Å². The molecule has 1 aliphatic rings. The number of ether oxygens (including phenoxy) is 1. The molecule has 0 saturated heterocycles. The molecule has 0 amide bonds. The molecule has 0 radical (unpaired) electrons. The molecule has 1 heterocycles. The maximum absolute atomic E-state index is 5.66. The van der Waals surface area contributed by atoms with Crippen LogP contribution in [0.2, 0.25) is 0 Å². The molecule has 24 heavy (non-hydrogen) atoms. The lowest BCUT2D eigenvalue weighted by Crippen LogP contribution is -2.39. The van der Waals surface area contributed by atoms with Crippen LogP contribution in [0, 0.1) is 11.8 Å². The van der Waals surface area contributed by atoms with E-state index in [0.29, 0.717) is 5.92 Å². The molecule has 6 heteroatoms. The van der Waals surface area contributed by atoms with Crippen LogP contribution >= 0.6 is 24.0 Å². The normalized spacial score (nSPS) is 14.5. The van der Waals surface area contributed by atoms with Crippen LogP contribution in [0.1, 0.15) is 38.9 Å². The van der Waals surface area contributed by atoms with Gasteiger partial charge in [0.15, 0.2) is 5.96 Å². The summed E-state index contributed by atoms with van der Waals surface area (Å²) in [6.07, 6.45) is 6.28. The van der Waals surface area contributed by atoms with Gasteiger partial charge in [-0.25, -0.2) is 0 Å². The number of hydrogen-bond donors (Lipinski definition) is 2. The Kier molecular flexibility index (Phi) is 11.2. The molecule has 1 aromatic heterocycles. The number of nitrogens with one attached hydrogen (secondary N) is 2. The summed E-state index contributed by atoms with van der Waals surface area (Å²) in [5, 5.41) is 6.76. The van der Waals surface area contributed by atoms with E-state index in [4.69, 9.17) is 9.15 Å². The van der Waals surface area contributed by atoms with Gasteiger partial charge < -0.3 is 19.8 Å². The number of hydrogen-bond acceptors (Lipinski definition) is 3. The average molecular weight is 449 g/mol. The first-order valence-corrected chi connectivity index (χ1v) is 8.86. The molecule has 1 fully saturated rings. The average Bonchev–Trinajstić information content (AvgIpc) is 3.21. The molecule has 1 aliphatic carbocycles. The number of nitrogens with zero attached hydrogens (tertiary/aromatic N) is 1. The van der Waals surface area contributed by atoms with Crippen LogP contribution in [0.15, 0.2) is 27.8 Å². The Labute approximate surface area is 163 Å². The molecule has 138 valence electrons. The van der Waals surface area contributed by atoms with E-state index in [1.807, 2.05) is 12.1 Å². The van der Waals surface area contributed by atoms with E-state index in [1.54, 1.807) is 6.26 Å². The maximum atomic E-state index is 5.66. The predicted molar refractivity (Wildman–Crippen MR) is 109 cm³/mol. The first-order valence-electron chi connectivity index (χ1n) is 8.86. The van der Waals surface area contributed by atoms with Gasteiger partial charge in [0.2, 0.25) is 0 Å². The molecule has 5 nitrogen and oxygen atoms in total. The molecule has 1 saturated carbocycles. The summed E-state index contributed by atoms with van der Waals surface area (Å²) in [4.78, 5) is 4.62. The van der Waals surface area contributed by atoms with Gasteiger partial charge in [0.05, 0.1) is 6.26 Å². The smallest absolute Gasteiger partial charge is 0.191 e. The van der Waals surface area contributed by atoms with Gasteiger partial charge in [-0.15, -0.1) is 24.0 Å². The Morgan fingerprint density at radius 2 is 2.12 bits per heavy atom. The highest BCUT2D eigenvalue weighted by Gasteiger charge is 2.20. The standard InChI is InChI=1S/C18H31N3O2.HI/c1-15(2)13-21-18(20-10-8-17-5-3-12-23-17)19-9-4-11-22-14-16-6-7-16;/h3,5,12,15-16H,4,6-11,13-14H2,1-2H3,(H2,19,20,21);1H. The highest BCUT2D eigenvalue weighted by atomic mass is 127. The molecule has 2 N–H and O–H groups in total. The summed E-state index contributed by atoms with van der Waals surface area (Å²) in [6, 6.07) is 3.92. The lowest BCUT2D eigenvalue weighted by Gasteiger charge is -2.13. The summed E-state index contributed by atoms with van der Waals surface area (Å²) in [5.41, 5.74) is 0.